The summed E-state index contributed by atoms with van der Waals surface area (Å²) in [4.78, 5) is 10.9. The number of benzene rings is 1. The molecule has 1 heterocycles. The topological polar surface area (TPSA) is 47.6 Å². The lowest BCUT2D eigenvalue weighted by molar-refractivity contribution is -0.132. The Morgan fingerprint density at radius 3 is 3.15 bits per heavy atom. The molecular weight excluding hydrogens is 170 g/mol. The highest BCUT2D eigenvalue weighted by Gasteiger charge is 2.18. The summed E-state index contributed by atoms with van der Waals surface area (Å²) >= 11 is 0. The molecule has 0 saturated heterocycles. The third-order valence-electron chi connectivity index (χ3n) is 1.84. The van der Waals surface area contributed by atoms with E-state index in [2.05, 4.69) is 5.32 Å². The van der Waals surface area contributed by atoms with Gasteiger partial charge in [-0.1, -0.05) is 6.07 Å². The Morgan fingerprint density at radius 1 is 1.54 bits per heavy atom. The molecule has 0 aromatic heterocycles. The first kappa shape index (κ1) is 7.91. The quantitative estimate of drug-likeness (QED) is 0.516. The molecule has 2 rings (SSSR count). The highest BCUT2D eigenvalue weighted by atomic mass is 16.5. The molecule has 1 aromatic carbocycles. The van der Waals surface area contributed by atoms with Gasteiger partial charge in [0.05, 0.1) is 7.11 Å². The largest absolute Gasteiger partial charge is 0.494 e. The maximum Gasteiger partial charge on any atom is 0.330 e. The van der Waals surface area contributed by atoms with E-state index in [0.717, 1.165) is 5.69 Å². The van der Waals surface area contributed by atoms with Crippen molar-refractivity contribution in [3.05, 3.63) is 18.2 Å². The monoisotopic (exact) mass is 179 g/mol. The summed E-state index contributed by atoms with van der Waals surface area (Å²) in [5.41, 5.74) is 0.740. The highest BCUT2D eigenvalue weighted by molar-refractivity contribution is 5.85. The second-order valence-corrected chi connectivity index (χ2v) is 2.66. The van der Waals surface area contributed by atoms with Gasteiger partial charge < -0.3 is 14.8 Å². The van der Waals surface area contributed by atoms with E-state index in [1.54, 1.807) is 19.2 Å². The molecule has 1 N–H and O–H groups in total. The lowest BCUT2D eigenvalue weighted by atomic mass is 10.2. The van der Waals surface area contributed by atoms with Gasteiger partial charge in [-0.05, 0) is 12.1 Å². The van der Waals surface area contributed by atoms with Crippen molar-refractivity contribution in [2.24, 2.45) is 0 Å². The molecule has 4 heteroatoms. The van der Waals surface area contributed by atoms with Gasteiger partial charge >= 0.3 is 5.97 Å². The standard InChI is InChI=1S/C9H9NO3/c1-12-6-3-2-4-7-9(6)10-5-8(11)13-7/h2-4,10H,5H2,1H3. The fraction of sp³-hybridized carbons (Fsp3) is 0.222. The molecule has 0 unspecified atom stereocenters. The number of esters is 1. The molecule has 13 heavy (non-hydrogen) atoms. The van der Waals surface area contributed by atoms with Crippen molar-refractivity contribution in [2.45, 2.75) is 0 Å². The van der Waals surface area contributed by atoms with Crippen LogP contribution in [0.5, 0.6) is 11.5 Å². The average Bonchev–Trinajstić information content (AvgIpc) is 2.16. The van der Waals surface area contributed by atoms with Gasteiger partial charge in [-0.25, -0.2) is 4.79 Å². The Hall–Kier alpha value is -1.71. The SMILES string of the molecule is COc1cccc2c1NCC(=O)O2. The van der Waals surface area contributed by atoms with Crippen LogP contribution in [0.1, 0.15) is 0 Å². The molecule has 0 fully saturated rings. The van der Waals surface area contributed by atoms with E-state index in [1.165, 1.54) is 0 Å². The van der Waals surface area contributed by atoms with Gasteiger partial charge in [0.15, 0.2) is 5.75 Å². The minimum Gasteiger partial charge on any atom is -0.494 e. The lowest BCUT2D eigenvalue weighted by Crippen LogP contribution is -2.25. The van der Waals surface area contributed by atoms with Crippen molar-refractivity contribution < 1.29 is 14.3 Å². The van der Waals surface area contributed by atoms with E-state index >= 15 is 0 Å². The molecule has 0 saturated carbocycles. The molecule has 1 aliphatic heterocycles. The summed E-state index contributed by atoms with van der Waals surface area (Å²) in [5.74, 6) is 0.932. The van der Waals surface area contributed by atoms with Gasteiger partial charge in [-0.15, -0.1) is 0 Å². The smallest absolute Gasteiger partial charge is 0.330 e. The van der Waals surface area contributed by atoms with Crippen LogP contribution in [0.25, 0.3) is 0 Å². The van der Waals surface area contributed by atoms with E-state index < -0.39 is 0 Å². The maximum absolute atomic E-state index is 10.9. The number of carbonyl (C=O) groups excluding carboxylic acids is 1. The first-order valence-corrected chi connectivity index (χ1v) is 3.93. The summed E-state index contributed by atoms with van der Waals surface area (Å²) in [6.45, 7) is 0.188. The molecule has 0 aliphatic carbocycles. The summed E-state index contributed by atoms with van der Waals surface area (Å²) in [6, 6.07) is 5.31. The third-order valence-corrected chi connectivity index (χ3v) is 1.84. The van der Waals surface area contributed by atoms with Crippen LogP contribution in [-0.2, 0) is 4.79 Å². The number of ether oxygens (including phenoxy) is 2. The number of anilines is 1. The van der Waals surface area contributed by atoms with Crippen molar-refractivity contribution in [3.63, 3.8) is 0 Å². The van der Waals surface area contributed by atoms with Crippen LogP contribution in [0.4, 0.5) is 5.69 Å². The summed E-state index contributed by atoms with van der Waals surface area (Å²) in [6.07, 6.45) is 0. The number of nitrogens with one attached hydrogen (secondary N) is 1. The Balaban J connectivity index is 2.45. The van der Waals surface area contributed by atoms with Gasteiger partial charge in [0.1, 0.15) is 18.0 Å². The highest BCUT2D eigenvalue weighted by Crippen LogP contribution is 2.35. The predicted molar refractivity (Wildman–Crippen MR) is 47.1 cm³/mol. The Morgan fingerprint density at radius 2 is 2.38 bits per heavy atom. The van der Waals surface area contributed by atoms with Gasteiger partial charge in [-0.3, -0.25) is 0 Å². The lowest BCUT2D eigenvalue weighted by Gasteiger charge is -2.19. The third kappa shape index (κ3) is 1.30. The fourth-order valence-corrected chi connectivity index (χ4v) is 1.26. The molecule has 0 atom stereocenters. The molecule has 68 valence electrons. The second kappa shape index (κ2) is 2.97. The van der Waals surface area contributed by atoms with E-state index in [4.69, 9.17) is 9.47 Å². The number of hydrogen-bond acceptors (Lipinski definition) is 4. The van der Waals surface area contributed by atoms with Crippen LogP contribution in [0.3, 0.4) is 0 Å². The number of rotatable bonds is 1. The van der Waals surface area contributed by atoms with E-state index in [-0.39, 0.29) is 12.5 Å². The first-order valence-electron chi connectivity index (χ1n) is 3.93. The second-order valence-electron chi connectivity index (χ2n) is 2.66. The normalized spacial score (nSPS) is 14.1. The van der Waals surface area contributed by atoms with Crippen molar-refractivity contribution in [2.75, 3.05) is 19.0 Å². The summed E-state index contributed by atoms with van der Waals surface area (Å²) in [5, 5.41) is 2.93. The Bertz CT molecular complexity index is 349. The van der Waals surface area contributed by atoms with Gasteiger partial charge in [0, 0.05) is 0 Å². The number of para-hydroxylation sites is 1. The summed E-state index contributed by atoms with van der Waals surface area (Å²) < 4.78 is 10.1. The van der Waals surface area contributed by atoms with Gasteiger partial charge in [0.2, 0.25) is 0 Å². The Labute approximate surface area is 75.5 Å². The van der Waals surface area contributed by atoms with Crippen LogP contribution < -0.4 is 14.8 Å². The predicted octanol–water partition coefficient (Wildman–Crippen LogP) is 1.03. The minimum atomic E-state index is -0.277. The zero-order chi connectivity index (χ0) is 9.26. The zero-order valence-electron chi connectivity index (χ0n) is 7.16. The number of methoxy groups -OCH3 is 1. The van der Waals surface area contributed by atoms with Crippen LogP contribution >= 0.6 is 0 Å². The van der Waals surface area contributed by atoms with Crippen molar-refractivity contribution in [1.82, 2.24) is 0 Å². The number of carbonyl (C=O) groups is 1. The van der Waals surface area contributed by atoms with Crippen molar-refractivity contribution in [1.29, 1.82) is 0 Å². The maximum atomic E-state index is 10.9. The first-order chi connectivity index (χ1) is 6.31. The van der Waals surface area contributed by atoms with Crippen LogP contribution in [0, 0.1) is 0 Å². The Kier molecular flexibility index (Phi) is 1.81. The zero-order valence-corrected chi connectivity index (χ0v) is 7.16. The van der Waals surface area contributed by atoms with Gasteiger partial charge in [-0.2, -0.15) is 0 Å². The van der Waals surface area contributed by atoms with Crippen molar-refractivity contribution >= 4 is 11.7 Å². The minimum absolute atomic E-state index is 0.188. The van der Waals surface area contributed by atoms with Crippen LogP contribution in [0.2, 0.25) is 0 Å². The van der Waals surface area contributed by atoms with Crippen molar-refractivity contribution in [3.8, 4) is 11.5 Å². The number of fused-ring (bicyclic) bond motifs is 1. The van der Waals surface area contributed by atoms with Gasteiger partial charge in [0.25, 0.3) is 0 Å². The average molecular weight is 179 g/mol. The number of hydrogen-bond donors (Lipinski definition) is 1. The molecular formula is C9H9NO3. The fourth-order valence-electron chi connectivity index (χ4n) is 1.26. The van der Waals surface area contributed by atoms with E-state index in [9.17, 15) is 4.79 Å². The molecule has 1 aromatic rings. The molecule has 0 bridgehead atoms. The van der Waals surface area contributed by atoms with Crippen LogP contribution in [-0.4, -0.2) is 19.6 Å². The van der Waals surface area contributed by atoms with E-state index in [1.807, 2.05) is 6.07 Å². The molecule has 0 amide bonds. The summed E-state index contributed by atoms with van der Waals surface area (Å²) in [7, 11) is 1.58. The molecule has 0 spiro atoms. The molecule has 4 nitrogen and oxygen atoms in total. The molecule has 1 aliphatic rings. The van der Waals surface area contributed by atoms with E-state index in [0.29, 0.717) is 11.5 Å². The molecule has 0 radical (unpaired) electrons. The van der Waals surface area contributed by atoms with Crippen LogP contribution in [0.15, 0.2) is 18.2 Å².